The van der Waals surface area contributed by atoms with Crippen molar-refractivity contribution in [1.82, 2.24) is 0 Å². The van der Waals surface area contributed by atoms with Gasteiger partial charge in [0.15, 0.2) is 5.78 Å². The van der Waals surface area contributed by atoms with Crippen LogP contribution in [0.15, 0.2) is 36.4 Å². The molecule has 0 saturated carbocycles. The van der Waals surface area contributed by atoms with E-state index in [0.29, 0.717) is 34.0 Å². The second kappa shape index (κ2) is 5.51. The summed E-state index contributed by atoms with van der Waals surface area (Å²) in [6, 6.07) is 10.1. The molecule has 0 aromatic heterocycles. The van der Waals surface area contributed by atoms with Crippen molar-refractivity contribution in [3.8, 4) is 0 Å². The first kappa shape index (κ1) is 14.1. The standard InChI is InChI=1S/C16H11Cl2NO2/c17-12-4-1-11(8-13(12)18)16(21)10-2-5-14-9(7-10)3-6-15(20)19-14/h1-2,4-5,7-8H,3,6H2,(H,19,20). The number of benzene rings is 2. The van der Waals surface area contributed by atoms with Crippen molar-refractivity contribution in [2.75, 3.05) is 5.32 Å². The van der Waals surface area contributed by atoms with Gasteiger partial charge in [0.1, 0.15) is 0 Å². The Labute approximate surface area is 131 Å². The normalized spacial score (nSPS) is 13.5. The number of hydrogen-bond donors (Lipinski definition) is 1. The van der Waals surface area contributed by atoms with Crippen LogP contribution >= 0.6 is 23.2 Å². The molecule has 0 aliphatic carbocycles. The summed E-state index contributed by atoms with van der Waals surface area (Å²) in [5.41, 5.74) is 2.81. The lowest BCUT2D eigenvalue weighted by Gasteiger charge is -2.17. The molecule has 21 heavy (non-hydrogen) atoms. The number of hydrogen-bond acceptors (Lipinski definition) is 2. The van der Waals surface area contributed by atoms with E-state index < -0.39 is 0 Å². The highest BCUT2D eigenvalue weighted by molar-refractivity contribution is 6.42. The smallest absolute Gasteiger partial charge is 0.224 e. The molecule has 0 unspecified atom stereocenters. The number of aryl methyl sites for hydroxylation is 1. The van der Waals surface area contributed by atoms with Crippen LogP contribution in [0.4, 0.5) is 5.69 Å². The van der Waals surface area contributed by atoms with E-state index in [1.807, 2.05) is 6.07 Å². The minimum absolute atomic E-state index is 0.00561. The number of fused-ring (bicyclic) bond motifs is 1. The summed E-state index contributed by atoms with van der Waals surface area (Å²) >= 11 is 11.8. The number of ketones is 1. The maximum atomic E-state index is 12.5. The monoisotopic (exact) mass is 319 g/mol. The van der Waals surface area contributed by atoms with E-state index in [1.165, 1.54) is 0 Å². The third-order valence-corrected chi connectivity index (χ3v) is 4.18. The Hall–Kier alpha value is -1.84. The highest BCUT2D eigenvalue weighted by Crippen LogP contribution is 2.27. The number of rotatable bonds is 2. The Kier molecular flexibility index (Phi) is 3.70. The molecule has 0 bridgehead atoms. The first-order chi connectivity index (χ1) is 10.0. The molecule has 0 spiro atoms. The minimum Gasteiger partial charge on any atom is -0.326 e. The third kappa shape index (κ3) is 2.80. The molecule has 1 heterocycles. The Morgan fingerprint density at radius 3 is 2.43 bits per heavy atom. The van der Waals surface area contributed by atoms with Crippen LogP contribution in [0.25, 0.3) is 0 Å². The lowest BCUT2D eigenvalue weighted by molar-refractivity contribution is -0.116. The molecular formula is C16H11Cl2NO2. The summed E-state index contributed by atoms with van der Waals surface area (Å²) in [5, 5.41) is 3.57. The first-order valence-electron chi connectivity index (χ1n) is 6.47. The van der Waals surface area contributed by atoms with Crippen molar-refractivity contribution in [3.05, 3.63) is 63.1 Å². The van der Waals surface area contributed by atoms with E-state index in [-0.39, 0.29) is 11.7 Å². The summed E-state index contributed by atoms with van der Waals surface area (Å²) in [5.74, 6) is -0.112. The molecule has 106 valence electrons. The van der Waals surface area contributed by atoms with Crippen molar-refractivity contribution >= 4 is 40.6 Å². The zero-order valence-corrected chi connectivity index (χ0v) is 12.5. The van der Waals surface area contributed by atoms with Gasteiger partial charge < -0.3 is 5.32 Å². The molecule has 5 heteroatoms. The molecule has 1 amide bonds. The van der Waals surface area contributed by atoms with Crippen LogP contribution in [0.3, 0.4) is 0 Å². The Balaban J connectivity index is 1.95. The van der Waals surface area contributed by atoms with Crippen LogP contribution < -0.4 is 5.32 Å². The van der Waals surface area contributed by atoms with E-state index in [9.17, 15) is 9.59 Å². The second-order valence-corrected chi connectivity index (χ2v) is 5.69. The van der Waals surface area contributed by atoms with Gasteiger partial charge in [0.05, 0.1) is 10.0 Å². The maximum Gasteiger partial charge on any atom is 0.224 e. The average molecular weight is 320 g/mol. The molecule has 2 aromatic rings. The molecule has 1 aliphatic heterocycles. The summed E-state index contributed by atoms with van der Waals surface area (Å²) in [6.45, 7) is 0. The fourth-order valence-corrected chi connectivity index (χ4v) is 2.63. The molecule has 2 aromatic carbocycles. The van der Waals surface area contributed by atoms with Gasteiger partial charge in [-0.2, -0.15) is 0 Å². The predicted octanol–water partition coefficient (Wildman–Crippen LogP) is 4.11. The number of halogens is 2. The zero-order valence-electron chi connectivity index (χ0n) is 11.0. The van der Waals surface area contributed by atoms with Crippen LogP contribution in [0.2, 0.25) is 10.0 Å². The van der Waals surface area contributed by atoms with Crippen molar-refractivity contribution in [3.63, 3.8) is 0 Å². The highest BCUT2D eigenvalue weighted by Gasteiger charge is 2.17. The van der Waals surface area contributed by atoms with Crippen LogP contribution in [0, 0.1) is 0 Å². The number of carbonyl (C=O) groups is 2. The molecule has 0 saturated heterocycles. The van der Waals surface area contributed by atoms with Gasteiger partial charge in [-0.15, -0.1) is 0 Å². The van der Waals surface area contributed by atoms with Gasteiger partial charge in [-0.3, -0.25) is 9.59 Å². The molecule has 0 fully saturated rings. The lowest BCUT2D eigenvalue weighted by Crippen LogP contribution is -2.19. The van der Waals surface area contributed by atoms with Crippen molar-refractivity contribution in [2.24, 2.45) is 0 Å². The Morgan fingerprint density at radius 2 is 1.67 bits per heavy atom. The van der Waals surface area contributed by atoms with E-state index in [1.54, 1.807) is 30.3 Å². The molecule has 1 aliphatic rings. The van der Waals surface area contributed by atoms with Crippen LogP contribution in [0.1, 0.15) is 27.9 Å². The van der Waals surface area contributed by atoms with Crippen LogP contribution in [0.5, 0.6) is 0 Å². The molecule has 0 radical (unpaired) electrons. The van der Waals surface area contributed by atoms with Crippen LogP contribution in [-0.4, -0.2) is 11.7 Å². The van der Waals surface area contributed by atoms with Gasteiger partial charge in [0.2, 0.25) is 5.91 Å². The number of anilines is 1. The van der Waals surface area contributed by atoms with Crippen LogP contribution in [-0.2, 0) is 11.2 Å². The topological polar surface area (TPSA) is 46.2 Å². The van der Waals surface area contributed by atoms with E-state index >= 15 is 0 Å². The van der Waals surface area contributed by atoms with Gasteiger partial charge in [-0.1, -0.05) is 23.2 Å². The molecule has 3 rings (SSSR count). The van der Waals surface area contributed by atoms with Gasteiger partial charge in [-0.25, -0.2) is 0 Å². The predicted molar refractivity (Wildman–Crippen MR) is 83.3 cm³/mol. The fourth-order valence-electron chi connectivity index (χ4n) is 2.33. The summed E-state index contributed by atoms with van der Waals surface area (Å²) in [6.07, 6.45) is 1.08. The van der Waals surface area contributed by atoms with Crippen molar-refractivity contribution in [2.45, 2.75) is 12.8 Å². The van der Waals surface area contributed by atoms with Gasteiger partial charge >= 0.3 is 0 Å². The molecule has 3 nitrogen and oxygen atoms in total. The quantitative estimate of drug-likeness (QED) is 0.847. The number of carbonyl (C=O) groups excluding carboxylic acids is 2. The largest absolute Gasteiger partial charge is 0.326 e. The SMILES string of the molecule is O=C1CCc2cc(C(=O)c3ccc(Cl)c(Cl)c3)ccc2N1. The second-order valence-electron chi connectivity index (χ2n) is 4.88. The number of amides is 1. The molecular weight excluding hydrogens is 309 g/mol. The summed E-state index contributed by atoms with van der Waals surface area (Å²) < 4.78 is 0. The molecule has 0 atom stereocenters. The van der Waals surface area contributed by atoms with Crippen molar-refractivity contribution in [1.29, 1.82) is 0 Å². The third-order valence-electron chi connectivity index (χ3n) is 3.44. The van der Waals surface area contributed by atoms with E-state index in [0.717, 1.165) is 11.3 Å². The maximum absolute atomic E-state index is 12.5. The Morgan fingerprint density at radius 1 is 0.952 bits per heavy atom. The van der Waals surface area contributed by atoms with Gasteiger partial charge in [0.25, 0.3) is 0 Å². The minimum atomic E-state index is -0.117. The summed E-state index contributed by atoms with van der Waals surface area (Å²) in [4.78, 5) is 23.8. The van der Waals surface area contributed by atoms with Gasteiger partial charge in [0, 0.05) is 23.2 Å². The Bertz CT molecular complexity index is 756. The average Bonchev–Trinajstić information content (AvgIpc) is 2.49. The van der Waals surface area contributed by atoms with E-state index in [2.05, 4.69) is 5.32 Å². The fraction of sp³-hybridized carbons (Fsp3) is 0.125. The van der Waals surface area contributed by atoms with Crippen molar-refractivity contribution < 1.29 is 9.59 Å². The van der Waals surface area contributed by atoms with Gasteiger partial charge in [-0.05, 0) is 48.4 Å². The summed E-state index contributed by atoms with van der Waals surface area (Å²) in [7, 11) is 0. The zero-order chi connectivity index (χ0) is 15.0. The lowest BCUT2D eigenvalue weighted by atomic mass is 9.96. The number of nitrogens with one attached hydrogen (secondary N) is 1. The molecule has 1 N–H and O–H groups in total. The first-order valence-corrected chi connectivity index (χ1v) is 7.23. The highest BCUT2D eigenvalue weighted by atomic mass is 35.5. The van der Waals surface area contributed by atoms with E-state index in [4.69, 9.17) is 23.2 Å².